The van der Waals surface area contributed by atoms with Gasteiger partial charge in [0.25, 0.3) is 0 Å². The van der Waals surface area contributed by atoms with E-state index in [1.54, 1.807) is 0 Å². The first-order valence-electron chi connectivity index (χ1n) is 5.19. The van der Waals surface area contributed by atoms with Crippen LogP contribution in [0.1, 0.15) is 0 Å². The number of nitrogens with one attached hydrogen (secondary N) is 1. The molecule has 3 N–H and O–H groups in total. The Morgan fingerprint density at radius 3 is 2.79 bits per heavy atom. The van der Waals surface area contributed by atoms with Crippen molar-refractivity contribution in [2.75, 3.05) is 11.1 Å². The number of nitrogen functional groups attached to an aromatic ring is 1. The van der Waals surface area contributed by atoms with Crippen molar-refractivity contribution in [3.05, 3.63) is 41.1 Å². The second-order valence-electron chi connectivity index (χ2n) is 3.73. The monoisotopic (exact) mass is 286 g/mol. The van der Waals surface area contributed by atoms with Crippen LogP contribution < -0.4 is 11.1 Å². The first-order chi connectivity index (χ1) is 8.95. The normalized spacial score (nSPS) is 10.5. The average Bonchev–Trinajstić information content (AvgIpc) is 2.69. The van der Waals surface area contributed by atoms with E-state index >= 15 is 0 Å². The minimum Gasteiger partial charge on any atom is -0.382 e. The van der Waals surface area contributed by atoms with Gasteiger partial charge in [-0.1, -0.05) is 11.6 Å². The van der Waals surface area contributed by atoms with Crippen molar-refractivity contribution in [3.63, 3.8) is 0 Å². The molecule has 2 rings (SSSR count). The van der Waals surface area contributed by atoms with Crippen LogP contribution in [0.25, 0.3) is 0 Å². The molecule has 5 nitrogen and oxygen atoms in total. The summed E-state index contributed by atoms with van der Waals surface area (Å²) in [4.78, 5) is 11.6. The fraction of sp³-hybridized carbons (Fsp3) is 0.0909. The largest absolute Gasteiger partial charge is 0.382 e. The molecule has 0 spiro atoms. The van der Waals surface area contributed by atoms with Crippen LogP contribution in [0.5, 0.6) is 0 Å². The maximum absolute atomic E-state index is 13.4. The number of halogens is 3. The van der Waals surface area contributed by atoms with E-state index in [2.05, 4.69) is 10.4 Å². The molecule has 1 heterocycles. The molecule has 0 aliphatic rings. The van der Waals surface area contributed by atoms with Crippen LogP contribution in [-0.2, 0) is 11.3 Å². The van der Waals surface area contributed by atoms with E-state index < -0.39 is 17.5 Å². The van der Waals surface area contributed by atoms with Crippen LogP contribution in [0.4, 0.5) is 20.3 Å². The fourth-order valence-corrected chi connectivity index (χ4v) is 1.69. The minimum atomic E-state index is -0.946. The van der Waals surface area contributed by atoms with Crippen LogP contribution in [0.2, 0.25) is 5.02 Å². The highest BCUT2D eigenvalue weighted by Gasteiger charge is 2.13. The summed E-state index contributed by atoms with van der Waals surface area (Å²) in [6.07, 6.45) is 1.50. The number of nitrogens with two attached hydrogens (primary N) is 1. The lowest BCUT2D eigenvalue weighted by Gasteiger charge is -2.08. The Morgan fingerprint density at radius 1 is 1.47 bits per heavy atom. The predicted molar refractivity (Wildman–Crippen MR) is 66.6 cm³/mol. The van der Waals surface area contributed by atoms with Crippen molar-refractivity contribution in [3.8, 4) is 0 Å². The average molecular weight is 287 g/mol. The van der Waals surface area contributed by atoms with Crippen molar-refractivity contribution in [1.82, 2.24) is 9.78 Å². The van der Waals surface area contributed by atoms with Gasteiger partial charge < -0.3 is 11.1 Å². The van der Waals surface area contributed by atoms with Gasteiger partial charge in [-0.15, -0.1) is 0 Å². The Balaban J connectivity index is 2.11. The molecular weight excluding hydrogens is 278 g/mol. The first-order valence-corrected chi connectivity index (χ1v) is 5.57. The van der Waals surface area contributed by atoms with E-state index in [9.17, 15) is 13.6 Å². The van der Waals surface area contributed by atoms with E-state index in [0.29, 0.717) is 6.07 Å². The van der Waals surface area contributed by atoms with Crippen molar-refractivity contribution in [2.45, 2.75) is 6.54 Å². The third kappa shape index (κ3) is 3.19. The van der Waals surface area contributed by atoms with Crippen LogP contribution in [-0.4, -0.2) is 15.7 Å². The number of hydrogen-bond donors (Lipinski definition) is 2. The molecule has 0 saturated carbocycles. The van der Waals surface area contributed by atoms with Crippen LogP contribution in [0.15, 0.2) is 24.4 Å². The molecule has 1 aromatic carbocycles. The number of benzene rings is 1. The zero-order chi connectivity index (χ0) is 14.0. The van der Waals surface area contributed by atoms with E-state index in [0.717, 1.165) is 6.07 Å². The summed E-state index contributed by atoms with van der Waals surface area (Å²) in [7, 11) is 0. The molecule has 8 heteroatoms. The lowest BCUT2D eigenvalue weighted by molar-refractivity contribution is -0.116. The molecule has 0 fully saturated rings. The van der Waals surface area contributed by atoms with Gasteiger partial charge in [0.05, 0.1) is 10.7 Å². The number of carbonyl (C=O) groups excluding carboxylic acids is 1. The molecular formula is C11H9ClF2N4O. The van der Waals surface area contributed by atoms with Crippen LogP contribution in [0.3, 0.4) is 0 Å². The van der Waals surface area contributed by atoms with E-state index in [1.807, 2.05) is 0 Å². The quantitative estimate of drug-likeness (QED) is 0.907. The molecule has 0 saturated heterocycles. The van der Waals surface area contributed by atoms with Crippen molar-refractivity contribution >= 4 is 29.0 Å². The molecule has 1 amide bonds. The topological polar surface area (TPSA) is 72.9 Å². The SMILES string of the molecule is Nc1ccn(CC(=O)Nc2c(F)cc(F)cc2Cl)n1. The van der Waals surface area contributed by atoms with Gasteiger partial charge >= 0.3 is 0 Å². The Hall–Kier alpha value is -2.15. The van der Waals surface area contributed by atoms with Gasteiger partial charge in [-0.25, -0.2) is 8.78 Å². The fourth-order valence-electron chi connectivity index (χ4n) is 1.45. The van der Waals surface area contributed by atoms with Gasteiger partial charge in [0.15, 0.2) is 5.82 Å². The van der Waals surface area contributed by atoms with E-state index in [-0.39, 0.29) is 23.1 Å². The molecule has 0 radical (unpaired) electrons. The number of rotatable bonds is 3. The zero-order valence-electron chi connectivity index (χ0n) is 9.53. The predicted octanol–water partition coefficient (Wildman–Crippen LogP) is 2.04. The molecule has 19 heavy (non-hydrogen) atoms. The summed E-state index contributed by atoms with van der Waals surface area (Å²) >= 11 is 5.65. The number of nitrogens with zero attached hydrogens (tertiary/aromatic N) is 2. The highest BCUT2D eigenvalue weighted by Crippen LogP contribution is 2.26. The summed E-state index contributed by atoms with van der Waals surface area (Å²) in [6, 6.07) is 3.05. The number of carbonyl (C=O) groups is 1. The Bertz CT molecular complexity index is 606. The Labute approximate surface area is 112 Å². The molecule has 2 aromatic rings. The molecule has 0 bridgehead atoms. The molecule has 100 valence electrons. The molecule has 0 atom stereocenters. The molecule has 0 unspecified atom stereocenters. The number of anilines is 2. The van der Waals surface area contributed by atoms with Gasteiger partial charge in [-0.3, -0.25) is 9.48 Å². The molecule has 0 aliphatic heterocycles. The lowest BCUT2D eigenvalue weighted by Crippen LogP contribution is -2.20. The number of aromatic nitrogens is 2. The van der Waals surface area contributed by atoms with Crippen molar-refractivity contribution in [1.29, 1.82) is 0 Å². The lowest BCUT2D eigenvalue weighted by atomic mass is 10.3. The minimum absolute atomic E-state index is 0.162. The zero-order valence-corrected chi connectivity index (χ0v) is 10.3. The third-order valence-corrected chi connectivity index (χ3v) is 2.54. The number of amides is 1. The van der Waals surface area contributed by atoms with Gasteiger partial charge in [0.2, 0.25) is 5.91 Å². The van der Waals surface area contributed by atoms with Crippen molar-refractivity contribution < 1.29 is 13.6 Å². The third-order valence-electron chi connectivity index (χ3n) is 2.24. The van der Waals surface area contributed by atoms with E-state index in [4.69, 9.17) is 17.3 Å². The Morgan fingerprint density at radius 2 is 2.21 bits per heavy atom. The highest BCUT2D eigenvalue weighted by atomic mass is 35.5. The second kappa shape index (κ2) is 5.23. The first kappa shape index (κ1) is 13.3. The molecule has 0 aliphatic carbocycles. The summed E-state index contributed by atoms with van der Waals surface area (Å²) < 4.78 is 27.5. The maximum Gasteiger partial charge on any atom is 0.246 e. The summed E-state index contributed by atoms with van der Waals surface area (Å²) in [5.41, 5.74) is 5.12. The maximum atomic E-state index is 13.4. The standard InChI is InChI=1S/C11H9ClF2N4O/c12-7-3-6(13)4-8(14)11(7)16-10(19)5-18-2-1-9(15)17-18/h1-4H,5H2,(H2,15,17)(H,16,19). The summed E-state index contributed by atoms with van der Waals surface area (Å²) in [5.74, 6) is -2.06. The Kier molecular flexibility index (Phi) is 3.66. The van der Waals surface area contributed by atoms with Crippen LogP contribution >= 0.6 is 11.6 Å². The van der Waals surface area contributed by atoms with Gasteiger partial charge in [-0.2, -0.15) is 5.10 Å². The van der Waals surface area contributed by atoms with Gasteiger partial charge in [-0.05, 0) is 12.1 Å². The van der Waals surface area contributed by atoms with Crippen LogP contribution in [0, 0.1) is 11.6 Å². The highest BCUT2D eigenvalue weighted by molar-refractivity contribution is 6.33. The van der Waals surface area contributed by atoms with E-state index in [1.165, 1.54) is 16.9 Å². The smallest absolute Gasteiger partial charge is 0.246 e. The second-order valence-corrected chi connectivity index (χ2v) is 4.14. The molecule has 1 aromatic heterocycles. The van der Waals surface area contributed by atoms with Crippen molar-refractivity contribution in [2.24, 2.45) is 0 Å². The van der Waals surface area contributed by atoms with Gasteiger partial charge in [0.1, 0.15) is 18.2 Å². The number of hydrogen-bond acceptors (Lipinski definition) is 3. The summed E-state index contributed by atoms with van der Waals surface area (Å²) in [6.45, 7) is -0.162. The van der Waals surface area contributed by atoms with Gasteiger partial charge in [0, 0.05) is 12.3 Å². The summed E-state index contributed by atoms with van der Waals surface area (Å²) in [5, 5.41) is 5.83.